The Labute approximate surface area is 352 Å². The summed E-state index contributed by atoms with van der Waals surface area (Å²) in [7, 11) is 1.61. The van der Waals surface area contributed by atoms with Gasteiger partial charge in [-0.05, 0) is 82.4 Å². The van der Waals surface area contributed by atoms with Gasteiger partial charge in [0.1, 0.15) is 35.9 Å². The molecule has 0 radical (unpaired) electrons. The molecule has 2 N–H and O–H groups in total. The van der Waals surface area contributed by atoms with Crippen LogP contribution in [0.4, 0.5) is 0 Å². The minimum absolute atomic E-state index is 0.00492. The topological polar surface area (TPSA) is 148 Å². The Bertz CT molecular complexity index is 1630. The number of ether oxygens (including phenoxy) is 8. The number of rotatable bonds is 8. The van der Waals surface area contributed by atoms with Crippen molar-refractivity contribution in [1.29, 1.82) is 0 Å². The largest absolute Gasteiger partial charge is 0.462 e. The number of carbonyl (C=O) groups is 2. The van der Waals surface area contributed by atoms with Crippen LogP contribution < -0.4 is 0 Å². The van der Waals surface area contributed by atoms with Crippen molar-refractivity contribution in [3.63, 3.8) is 0 Å². The Balaban J connectivity index is 1.33. The molecule has 2 unspecified atom stereocenters. The van der Waals surface area contributed by atoms with Gasteiger partial charge in [0, 0.05) is 38.7 Å². The Morgan fingerprint density at radius 1 is 1.08 bits per heavy atom. The summed E-state index contributed by atoms with van der Waals surface area (Å²) in [5.41, 5.74) is -0.455. The molecule has 6 aliphatic rings. The number of carbonyl (C=O) groups excluding carboxylic acids is 2. The van der Waals surface area contributed by atoms with Crippen molar-refractivity contribution in [2.45, 2.75) is 193 Å². The molecule has 16 atom stereocenters. The lowest BCUT2D eigenvalue weighted by Gasteiger charge is -2.51. The van der Waals surface area contributed by atoms with Crippen LogP contribution in [-0.2, 0) is 47.5 Å². The molecule has 332 valence electrons. The molecule has 1 aliphatic carbocycles. The third-order valence-electron chi connectivity index (χ3n) is 14.3. The van der Waals surface area contributed by atoms with Gasteiger partial charge in [-0.25, -0.2) is 0 Å². The molecular weight excluding hydrogens is 757 g/mol. The maximum Gasteiger partial charge on any atom is 0.316 e. The van der Waals surface area contributed by atoms with Crippen molar-refractivity contribution in [3.05, 3.63) is 47.1 Å². The van der Waals surface area contributed by atoms with Crippen LogP contribution >= 0.6 is 0 Å². The number of aliphatic hydroxyl groups excluding tert-OH is 1. The number of allylic oxidation sites excluding steroid dienone is 2. The summed E-state index contributed by atoms with van der Waals surface area (Å²) in [6, 6.07) is 0. The van der Waals surface area contributed by atoms with Crippen molar-refractivity contribution in [2.75, 3.05) is 13.7 Å². The number of fused-ring (bicyclic) bond motifs is 2. The van der Waals surface area contributed by atoms with Crippen LogP contribution in [0.25, 0.3) is 0 Å². The smallest absolute Gasteiger partial charge is 0.316 e. The molecule has 6 rings (SSSR count). The van der Waals surface area contributed by atoms with E-state index < -0.39 is 77.7 Å². The number of hydrogen-bond donors (Lipinski definition) is 2. The van der Waals surface area contributed by atoms with E-state index in [1.54, 1.807) is 26.2 Å². The zero-order chi connectivity index (χ0) is 43.0. The van der Waals surface area contributed by atoms with Crippen LogP contribution in [0, 0.1) is 29.1 Å². The molecular formula is C47H72O12. The maximum atomic E-state index is 14.3. The molecule has 1 spiro atoms. The number of aliphatic hydroxyl groups is 2. The van der Waals surface area contributed by atoms with Crippen molar-refractivity contribution in [1.82, 2.24) is 0 Å². The van der Waals surface area contributed by atoms with Gasteiger partial charge in [-0.2, -0.15) is 0 Å². The fraction of sp³-hybridized carbons (Fsp3) is 0.787. The third kappa shape index (κ3) is 9.50. The first-order chi connectivity index (χ1) is 27.9. The van der Waals surface area contributed by atoms with E-state index in [1.165, 1.54) is 0 Å². The molecule has 4 saturated heterocycles. The normalized spacial score (nSPS) is 44.9. The van der Waals surface area contributed by atoms with Gasteiger partial charge >= 0.3 is 11.9 Å². The SMILES string of the molecule is CCC(C)[C@H]1OC2(CC[C@@H]1C)C[C@@H]1C[C@@H](C/C=C(\C)[C@@H](O[C@H]3C[C@H](OC)[C@@H](OC(=O)C(C)(C)CC)[C@H](C)O3)[C@@H](C)/C=C/C=C3\CO[C@@H]4[C@H](O)C(C)=C[C@@H](C(=O)O1)[C@]34O)O2. The Hall–Kier alpha value is -2.42. The Morgan fingerprint density at radius 3 is 2.53 bits per heavy atom. The van der Waals surface area contributed by atoms with Crippen molar-refractivity contribution < 1.29 is 57.7 Å². The van der Waals surface area contributed by atoms with Gasteiger partial charge in [0.2, 0.25) is 0 Å². The molecule has 5 aliphatic heterocycles. The van der Waals surface area contributed by atoms with E-state index >= 15 is 0 Å². The van der Waals surface area contributed by atoms with E-state index in [0.717, 1.165) is 18.4 Å². The predicted octanol–water partition coefficient (Wildman–Crippen LogP) is 7.05. The second kappa shape index (κ2) is 18.5. The lowest BCUT2D eigenvalue weighted by atomic mass is 9.71. The van der Waals surface area contributed by atoms with E-state index in [4.69, 9.17) is 37.9 Å². The van der Waals surface area contributed by atoms with Crippen LogP contribution in [0.1, 0.15) is 121 Å². The van der Waals surface area contributed by atoms with E-state index in [2.05, 4.69) is 33.8 Å². The summed E-state index contributed by atoms with van der Waals surface area (Å²) in [5, 5.41) is 23.7. The monoisotopic (exact) mass is 829 g/mol. The average molecular weight is 829 g/mol. The molecule has 12 nitrogen and oxygen atoms in total. The minimum Gasteiger partial charge on any atom is -0.462 e. The Morgan fingerprint density at radius 2 is 1.83 bits per heavy atom. The first-order valence-electron chi connectivity index (χ1n) is 22.2. The van der Waals surface area contributed by atoms with Crippen LogP contribution in [0.5, 0.6) is 0 Å². The van der Waals surface area contributed by atoms with Crippen LogP contribution in [0.3, 0.4) is 0 Å². The van der Waals surface area contributed by atoms with Crippen LogP contribution in [-0.4, -0.2) is 108 Å². The lowest BCUT2D eigenvalue weighted by molar-refractivity contribution is -0.340. The fourth-order valence-corrected chi connectivity index (χ4v) is 9.85. The second-order valence-corrected chi connectivity index (χ2v) is 19.1. The molecule has 2 bridgehead atoms. The summed E-state index contributed by atoms with van der Waals surface area (Å²) in [5.74, 6) is -2.38. The van der Waals surface area contributed by atoms with Gasteiger partial charge in [0.25, 0.3) is 0 Å². The highest BCUT2D eigenvalue weighted by atomic mass is 16.7. The summed E-state index contributed by atoms with van der Waals surface area (Å²) in [6.07, 6.45) is 8.70. The van der Waals surface area contributed by atoms with Gasteiger partial charge < -0.3 is 48.1 Å². The zero-order valence-corrected chi connectivity index (χ0v) is 37.3. The number of esters is 2. The fourth-order valence-electron chi connectivity index (χ4n) is 9.85. The summed E-state index contributed by atoms with van der Waals surface area (Å²) < 4.78 is 51.6. The molecule has 0 saturated carbocycles. The molecule has 5 heterocycles. The van der Waals surface area contributed by atoms with E-state index in [9.17, 15) is 19.8 Å². The standard InChI is InChI=1S/C47H72O12/c1-12-26(3)40-29(6)19-20-46(59-40)24-34-22-33(58-46)18-17-28(5)39(56-37-23-36(52-11)41(31(8)54-37)57-44(50)45(9,10)13-2)27(4)15-14-16-32-25-53-42-38(48)30(7)21-35(43(49)55-34)47(32,42)51/h14-17,21,26-27,29,31,33-42,48,51H,12-13,18-20,22-25H2,1-11H3/b15-14+,28-17+,32-16+/t26?,27-,29-,31-,33+,34-,35-,36-,37-,38+,39-,40+,41-,42+,46?,47+/m0/s1. The molecule has 4 fully saturated rings. The first kappa shape index (κ1) is 46.1. The predicted molar refractivity (Wildman–Crippen MR) is 221 cm³/mol. The van der Waals surface area contributed by atoms with E-state index in [1.807, 2.05) is 46.8 Å². The van der Waals surface area contributed by atoms with Gasteiger partial charge in [-0.3, -0.25) is 9.59 Å². The highest BCUT2D eigenvalue weighted by molar-refractivity contribution is 5.78. The van der Waals surface area contributed by atoms with Crippen molar-refractivity contribution in [2.24, 2.45) is 29.1 Å². The quantitative estimate of drug-likeness (QED) is 0.191. The Kier molecular flexibility index (Phi) is 14.5. The molecule has 59 heavy (non-hydrogen) atoms. The van der Waals surface area contributed by atoms with Gasteiger partial charge in [-0.15, -0.1) is 0 Å². The van der Waals surface area contributed by atoms with E-state index in [-0.39, 0.29) is 30.7 Å². The summed E-state index contributed by atoms with van der Waals surface area (Å²) in [4.78, 5) is 27.4. The lowest BCUT2D eigenvalue weighted by Crippen LogP contribution is -2.58. The third-order valence-corrected chi connectivity index (χ3v) is 14.3. The van der Waals surface area contributed by atoms with Gasteiger partial charge in [0.05, 0.1) is 36.4 Å². The maximum absolute atomic E-state index is 14.3. The first-order valence-corrected chi connectivity index (χ1v) is 22.2. The summed E-state index contributed by atoms with van der Waals surface area (Å²) in [6.45, 7) is 20.1. The molecule has 0 aromatic rings. The van der Waals surface area contributed by atoms with E-state index in [0.29, 0.717) is 61.5 Å². The molecule has 0 aromatic carbocycles. The summed E-state index contributed by atoms with van der Waals surface area (Å²) >= 11 is 0. The van der Waals surface area contributed by atoms with Crippen molar-refractivity contribution >= 4 is 11.9 Å². The number of hydrogen-bond acceptors (Lipinski definition) is 12. The molecule has 12 heteroatoms. The van der Waals surface area contributed by atoms with Gasteiger partial charge in [-0.1, -0.05) is 71.4 Å². The highest BCUT2D eigenvalue weighted by Crippen LogP contribution is 2.48. The van der Waals surface area contributed by atoms with Crippen LogP contribution in [0.15, 0.2) is 47.1 Å². The molecule has 0 amide bonds. The second-order valence-electron chi connectivity index (χ2n) is 19.1. The highest BCUT2D eigenvalue weighted by Gasteiger charge is 2.60. The van der Waals surface area contributed by atoms with Gasteiger partial charge in [0.15, 0.2) is 18.2 Å². The number of methoxy groups -OCH3 is 1. The van der Waals surface area contributed by atoms with Crippen LogP contribution in [0.2, 0.25) is 0 Å². The zero-order valence-electron chi connectivity index (χ0n) is 37.3. The van der Waals surface area contributed by atoms with Crippen molar-refractivity contribution in [3.8, 4) is 0 Å². The molecule has 0 aromatic heterocycles. The average Bonchev–Trinajstić information content (AvgIpc) is 3.54. The minimum atomic E-state index is -1.82.